The number of hydrogen-bond acceptors (Lipinski definition) is 3. The SMILES string of the molecule is O=C(NC(c1ccccc1)c1ccco1)c1csc(Br)c1. The maximum atomic E-state index is 12.4. The smallest absolute Gasteiger partial charge is 0.253 e. The van der Waals surface area contributed by atoms with Gasteiger partial charge in [-0.15, -0.1) is 11.3 Å². The van der Waals surface area contributed by atoms with E-state index in [2.05, 4.69) is 21.2 Å². The lowest BCUT2D eigenvalue weighted by Gasteiger charge is -2.16. The second kappa shape index (κ2) is 6.28. The van der Waals surface area contributed by atoms with Gasteiger partial charge >= 0.3 is 0 Å². The topological polar surface area (TPSA) is 42.2 Å². The quantitative estimate of drug-likeness (QED) is 0.736. The highest BCUT2D eigenvalue weighted by Crippen LogP contribution is 2.25. The molecule has 3 nitrogen and oxygen atoms in total. The van der Waals surface area contributed by atoms with Gasteiger partial charge in [0.25, 0.3) is 5.91 Å². The Hall–Kier alpha value is -1.85. The first-order valence-corrected chi connectivity index (χ1v) is 8.04. The zero-order valence-corrected chi connectivity index (χ0v) is 13.4. The summed E-state index contributed by atoms with van der Waals surface area (Å²) in [6, 6.07) is 15.0. The molecule has 1 atom stereocenters. The first-order valence-electron chi connectivity index (χ1n) is 6.37. The highest BCUT2D eigenvalue weighted by molar-refractivity contribution is 9.11. The number of nitrogens with one attached hydrogen (secondary N) is 1. The van der Waals surface area contributed by atoms with Gasteiger partial charge in [0.15, 0.2) is 0 Å². The van der Waals surface area contributed by atoms with Crippen LogP contribution in [0.5, 0.6) is 0 Å². The van der Waals surface area contributed by atoms with Gasteiger partial charge in [0, 0.05) is 5.38 Å². The lowest BCUT2D eigenvalue weighted by atomic mass is 10.0. The molecule has 0 saturated carbocycles. The van der Waals surface area contributed by atoms with Gasteiger partial charge in [-0.1, -0.05) is 30.3 Å². The summed E-state index contributed by atoms with van der Waals surface area (Å²) in [5, 5.41) is 4.84. The fourth-order valence-corrected chi connectivity index (χ4v) is 3.20. The van der Waals surface area contributed by atoms with E-state index in [-0.39, 0.29) is 11.9 Å². The van der Waals surface area contributed by atoms with Crippen LogP contribution in [0.2, 0.25) is 0 Å². The summed E-state index contributed by atoms with van der Waals surface area (Å²) in [6.07, 6.45) is 1.61. The molecule has 0 saturated heterocycles. The summed E-state index contributed by atoms with van der Waals surface area (Å²) in [4.78, 5) is 12.4. The third-order valence-corrected chi connectivity index (χ3v) is 4.57. The molecule has 0 bridgehead atoms. The van der Waals surface area contributed by atoms with Crippen molar-refractivity contribution in [3.8, 4) is 0 Å². The van der Waals surface area contributed by atoms with Crippen molar-refractivity contribution in [2.45, 2.75) is 6.04 Å². The molecule has 5 heteroatoms. The van der Waals surface area contributed by atoms with Gasteiger partial charge < -0.3 is 9.73 Å². The van der Waals surface area contributed by atoms with Crippen molar-refractivity contribution in [2.75, 3.05) is 0 Å². The second-order valence-corrected chi connectivity index (χ2v) is 6.76. The molecule has 106 valence electrons. The Bertz CT molecular complexity index is 722. The number of carbonyl (C=O) groups is 1. The van der Waals surface area contributed by atoms with E-state index < -0.39 is 0 Å². The molecule has 2 heterocycles. The lowest BCUT2D eigenvalue weighted by Crippen LogP contribution is -2.28. The molecule has 3 aromatic rings. The van der Waals surface area contributed by atoms with Crippen LogP contribution in [0.3, 0.4) is 0 Å². The van der Waals surface area contributed by atoms with E-state index in [1.54, 1.807) is 6.26 Å². The molecule has 0 aliphatic carbocycles. The van der Waals surface area contributed by atoms with E-state index in [9.17, 15) is 4.79 Å². The van der Waals surface area contributed by atoms with Crippen LogP contribution in [0.25, 0.3) is 0 Å². The second-order valence-electron chi connectivity index (χ2n) is 4.47. The Labute approximate surface area is 134 Å². The fourth-order valence-electron chi connectivity index (χ4n) is 2.06. The van der Waals surface area contributed by atoms with E-state index in [1.807, 2.05) is 53.9 Å². The molecule has 0 fully saturated rings. The minimum Gasteiger partial charge on any atom is -0.467 e. The molecule has 1 aromatic carbocycles. The zero-order valence-electron chi connectivity index (χ0n) is 11.0. The summed E-state index contributed by atoms with van der Waals surface area (Å²) in [6.45, 7) is 0. The Kier molecular flexibility index (Phi) is 4.22. The molecule has 1 amide bonds. The third kappa shape index (κ3) is 3.25. The largest absolute Gasteiger partial charge is 0.467 e. The fraction of sp³-hybridized carbons (Fsp3) is 0.0625. The van der Waals surface area contributed by atoms with Crippen LogP contribution in [0.4, 0.5) is 0 Å². The van der Waals surface area contributed by atoms with Crippen molar-refractivity contribution in [3.05, 3.63) is 80.8 Å². The molecular formula is C16H12BrNO2S. The Morgan fingerprint density at radius 1 is 1.19 bits per heavy atom. The predicted octanol–water partition coefficient (Wildman–Crippen LogP) is 4.62. The highest BCUT2D eigenvalue weighted by Gasteiger charge is 2.20. The van der Waals surface area contributed by atoms with Crippen LogP contribution < -0.4 is 5.32 Å². The molecule has 0 aliphatic heterocycles. The summed E-state index contributed by atoms with van der Waals surface area (Å²) in [5.74, 6) is 0.589. The van der Waals surface area contributed by atoms with Gasteiger partial charge in [-0.2, -0.15) is 0 Å². The minimum atomic E-state index is -0.299. The van der Waals surface area contributed by atoms with Crippen LogP contribution in [-0.2, 0) is 0 Å². The van der Waals surface area contributed by atoms with Crippen molar-refractivity contribution in [3.63, 3.8) is 0 Å². The average Bonchev–Trinajstić information content (AvgIpc) is 3.17. The molecule has 0 radical (unpaired) electrons. The van der Waals surface area contributed by atoms with Crippen molar-refractivity contribution in [1.29, 1.82) is 0 Å². The Morgan fingerprint density at radius 2 is 2.00 bits per heavy atom. The lowest BCUT2D eigenvalue weighted by molar-refractivity contribution is 0.0939. The van der Waals surface area contributed by atoms with Gasteiger partial charge in [-0.25, -0.2) is 0 Å². The van der Waals surface area contributed by atoms with Crippen molar-refractivity contribution in [2.24, 2.45) is 0 Å². The molecule has 1 N–H and O–H groups in total. The van der Waals surface area contributed by atoms with Gasteiger partial charge in [0.05, 0.1) is 15.6 Å². The number of benzene rings is 1. The molecule has 1 unspecified atom stereocenters. The third-order valence-electron chi connectivity index (χ3n) is 3.07. The monoisotopic (exact) mass is 361 g/mol. The van der Waals surface area contributed by atoms with Gasteiger partial charge in [0.1, 0.15) is 11.8 Å². The zero-order chi connectivity index (χ0) is 14.7. The molecule has 0 aliphatic rings. The molecule has 21 heavy (non-hydrogen) atoms. The number of carbonyl (C=O) groups excluding carboxylic acids is 1. The van der Waals surface area contributed by atoms with Crippen molar-refractivity contribution in [1.82, 2.24) is 5.32 Å². The standard InChI is InChI=1S/C16H12BrNO2S/c17-14-9-12(10-21-14)16(19)18-15(13-7-4-8-20-13)11-5-2-1-3-6-11/h1-10,15H,(H,18,19). The summed E-state index contributed by atoms with van der Waals surface area (Å²) in [7, 11) is 0. The minimum absolute atomic E-state index is 0.123. The number of furan rings is 1. The van der Waals surface area contributed by atoms with Crippen LogP contribution in [0, 0.1) is 0 Å². The van der Waals surface area contributed by atoms with Gasteiger partial charge in [-0.3, -0.25) is 4.79 Å². The van der Waals surface area contributed by atoms with E-state index in [0.29, 0.717) is 11.3 Å². The summed E-state index contributed by atoms with van der Waals surface area (Å²) in [5.41, 5.74) is 1.62. The molecular weight excluding hydrogens is 350 g/mol. The van der Waals surface area contributed by atoms with Crippen LogP contribution in [0.1, 0.15) is 27.7 Å². The van der Waals surface area contributed by atoms with Gasteiger partial charge in [-0.05, 0) is 39.7 Å². The summed E-state index contributed by atoms with van der Waals surface area (Å²) < 4.78 is 6.40. The number of thiophene rings is 1. The first kappa shape index (κ1) is 14.1. The Balaban J connectivity index is 1.88. The van der Waals surface area contributed by atoms with Gasteiger partial charge in [0.2, 0.25) is 0 Å². The van der Waals surface area contributed by atoms with E-state index in [4.69, 9.17) is 4.42 Å². The molecule has 2 aromatic heterocycles. The molecule has 0 spiro atoms. The Morgan fingerprint density at radius 3 is 2.62 bits per heavy atom. The predicted molar refractivity (Wildman–Crippen MR) is 86.5 cm³/mol. The van der Waals surface area contributed by atoms with Crippen molar-refractivity contribution < 1.29 is 9.21 Å². The number of amides is 1. The summed E-state index contributed by atoms with van der Waals surface area (Å²) >= 11 is 4.86. The first-order chi connectivity index (χ1) is 10.2. The van der Waals surface area contributed by atoms with Crippen LogP contribution in [-0.4, -0.2) is 5.91 Å². The van der Waals surface area contributed by atoms with E-state index >= 15 is 0 Å². The van der Waals surface area contributed by atoms with Crippen LogP contribution in [0.15, 0.2) is 68.4 Å². The number of hydrogen-bond donors (Lipinski definition) is 1. The maximum Gasteiger partial charge on any atom is 0.253 e. The van der Waals surface area contributed by atoms with E-state index in [1.165, 1.54) is 11.3 Å². The van der Waals surface area contributed by atoms with Crippen LogP contribution >= 0.6 is 27.3 Å². The van der Waals surface area contributed by atoms with Crippen molar-refractivity contribution >= 4 is 33.2 Å². The molecule has 3 rings (SSSR count). The van der Waals surface area contributed by atoms with E-state index in [0.717, 1.165) is 9.35 Å². The highest BCUT2D eigenvalue weighted by atomic mass is 79.9. The number of halogens is 1. The maximum absolute atomic E-state index is 12.4. The normalized spacial score (nSPS) is 12.0. The number of rotatable bonds is 4. The average molecular weight is 362 g/mol.